The number of halogens is 1. The van der Waals surface area contributed by atoms with Crippen molar-refractivity contribution in [3.8, 4) is 11.5 Å². The lowest BCUT2D eigenvalue weighted by molar-refractivity contribution is -0.130. The van der Waals surface area contributed by atoms with Gasteiger partial charge in [-0.1, -0.05) is 18.2 Å². The van der Waals surface area contributed by atoms with Crippen molar-refractivity contribution in [1.29, 1.82) is 0 Å². The summed E-state index contributed by atoms with van der Waals surface area (Å²) in [4.78, 5) is 21.4. The van der Waals surface area contributed by atoms with Gasteiger partial charge in [0.25, 0.3) is 0 Å². The minimum atomic E-state index is -0.240. The quantitative estimate of drug-likeness (QED) is 0.673. The van der Waals surface area contributed by atoms with Gasteiger partial charge in [0.1, 0.15) is 11.6 Å². The van der Waals surface area contributed by atoms with Crippen molar-refractivity contribution in [2.45, 2.75) is 20.3 Å². The molecule has 0 atom stereocenters. The fourth-order valence-corrected chi connectivity index (χ4v) is 3.64. The maximum Gasteiger partial charge on any atom is 0.228 e. The Balaban J connectivity index is 1.39. The van der Waals surface area contributed by atoms with Crippen LogP contribution in [0, 0.1) is 19.7 Å². The molecule has 0 N–H and O–H groups in total. The summed E-state index contributed by atoms with van der Waals surface area (Å²) in [6, 6.07) is 14.4. The lowest BCUT2D eigenvalue weighted by Crippen LogP contribution is -2.49. The van der Waals surface area contributed by atoms with Crippen LogP contribution in [0.15, 0.2) is 52.9 Å². The van der Waals surface area contributed by atoms with E-state index in [0.29, 0.717) is 30.4 Å². The van der Waals surface area contributed by atoms with Gasteiger partial charge >= 0.3 is 0 Å². The Labute approximate surface area is 169 Å². The number of nitrogens with zero attached hydrogens (tertiary/aromatic N) is 3. The Morgan fingerprint density at radius 1 is 1.03 bits per heavy atom. The first kappa shape index (κ1) is 19.2. The highest BCUT2D eigenvalue weighted by atomic mass is 19.1. The van der Waals surface area contributed by atoms with Crippen LogP contribution in [-0.4, -0.2) is 42.0 Å². The average molecular weight is 393 g/mol. The van der Waals surface area contributed by atoms with Crippen molar-refractivity contribution in [1.82, 2.24) is 9.88 Å². The van der Waals surface area contributed by atoms with Crippen LogP contribution >= 0.6 is 0 Å². The van der Waals surface area contributed by atoms with Gasteiger partial charge in [-0.3, -0.25) is 4.79 Å². The second-order valence-corrected chi connectivity index (χ2v) is 7.36. The van der Waals surface area contributed by atoms with Crippen molar-refractivity contribution >= 4 is 11.6 Å². The van der Waals surface area contributed by atoms with Crippen LogP contribution in [0.2, 0.25) is 0 Å². The van der Waals surface area contributed by atoms with E-state index >= 15 is 0 Å². The number of hydrogen-bond donors (Lipinski definition) is 0. The fourth-order valence-electron chi connectivity index (χ4n) is 3.64. The van der Waals surface area contributed by atoms with Crippen LogP contribution in [0.1, 0.15) is 17.0 Å². The number of benzene rings is 2. The van der Waals surface area contributed by atoms with E-state index in [2.05, 4.69) is 9.88 Å². The molecule has 0 saturated carbocycles. The topological polar surface area (TPSA) is 49.6 Å². The summed E-state index contributed by atoms with van der Waals surface area (Å²) in [6.07, 6.45) is 0.234. The Hall–Kier alpha value is -3.15. The molecule has 2 heterocycles. The first-order valence-electron chi connectivity index (χ1n) is 9.82. The van der Waals surface area contributed by atoms with Crippen LogP contribution in [0.5, 0.6) is 0 Å². The number of hydrogen-bond acceptors (Lipinski definition) is 4. The van der Waals surface area contributed by atoms with Gasteiger partial charge in [-0.25, -0.2) is 9.37 Å². The summed E-state index contributed by atoms with van der Waals surface area (Å²) in [6.45, 7) is 6.59. The number of piperazine rings is 1. The molecule has 4 rings (SSSR count). The molecule has 0 radical (unpaired) electrons. The van der Waals surface area contributed by atoms with Gasteiger partial charge in [0.05, 0.1) is 12.1 Å². The van der Waals surface area contributed by atoms with E-state index in [1.807, 2.05) is 43.0 Å². The maximum absolute atomic E-state index is 13.1. The number of aryl methyl sites for hydroxylation is 2. The van der Waals surface area contributed by atoms with E-state index in [4.69, 9.17) is 4.42 Å². The van der Waals surface area contributed by atoms with Gasteiger partial charge in [0, 0.05) is 37.4 Å². The molecule has 1 fully saturated rings. The molecule has 6 heteroatoms. The van der Waals surface area contributed by atoms with Crippen LogP contribution in [0.3, 0.4) is 0 Å². The summed E-state index contributed by atoms with van der Waals surface area (Å²) in [5, 5.41) is 0. The molecule has 3 aromatic rings. The predicted molar refractivity (Wildman–Crippen MR) is 110 cm³/mol. The van der Waals surface area contributed by atoms with Gasteiger partial charge in [-0.05, 0) is 49.7 Å². The zero-order valence-electron chi connectivity index (χ0n) is 16.7. The molecule has 0 bridgehead atoms. The summed E-state index contributed by atoms with van der Waals surface area (Å²) in [7, 11) is 0. The Morgan fingerprint density at radius 2 is 1.72 bits per heavy atom. The molecule has 2 aromatic carbocycles. The molecule has 0 spiro atoms. The summed E-state index contributed by atoms with van der Waals surface area (Å²) in [5.74, 6) is 1.05. The van der Waals surface area contributed by atoms with Crippen LogP contribution in [-0.2, 0) is 11.2 Å². The van der Waals surface area contributed by atoms with Crippen molar-refractivity contribution in [3.63, 3.8) is 0 Å². The number of oxazole rings is 1. The van der Waals surface area contributed by atoms with Gasteiger partial charge in [-0.15, -0.1) is 0 Å². The number of carbonyl (C=O) groups excluding carboxylic acids is 1. The molecule has 5 nitrogen and oxygen atoms in total. The molecule has 150 valence electrons. The Bertz CT molecular complexity index is 1010. The number of anilines is 1. The largest absolute Gasteiger partial charge is 0.441 e. The predicted octanol–water partition coefficient (Wildman–Crippen LogP) is 3.99. The highest BCUT2D eigenvalue weighted by Crippen LogP contribution is 2.25. The zero-order chi connectivity index (χ0) is 20.4. The van der Waals surface area contributed by atoms with Crippen LogP contribution in [0.4, 0.5) is 10.1 Å². The third kappa shape index (κ3) is 4.16. The zero-order valence-corrected chi connectivity index (χ0v) is 16.7. The smallest absolute Gasteiger partial charge is 0.228 e. The summed E-state index contributed by atoms with van der Waals surface area (Å²) >= 11 is 0. The van der Waals surface area contributed by atoms with Crippen molar-refractivity contribution in [2.75, 3.05) is 31.1 Å². The van der Waals surface area contributed by atoms with Gasteiger partial charge < -0.3 is 14.2 Å². The molecular formula is C23H24FN3O2. The molecular weight excluding hydrogens is 369 g/mol. The average Bonchev–Trinajstić information content (AvgIpc) is 3.09. The third-order valence-electron chi connectivity index (χ3n) is 5.41. The summed E-state index contributed by atoms with van der Waals surface area (Å²) < 4.78 is 18.9. The van der Waals surface area contributed by atoms with E-state index in [9.17, 15) is 9.18 Å². The van der Waals surface area contributed by atoms with E-state index in [0.717, 1.165) is 29.9 Å². The summed E-state index contributed by atoms with van der Waals surface area (Å²) in [5.41, 5.74) is 3.70. The van der Waals surface area contributed by atoms with Crippen LogP contribution in [0.25, 0.3) is 11.5 Å². The van der Waals surface area contributed by atoms with E-state index in [-0.39, 0.29) is 18.1 Å². The SMILES string of the molecule is Cc1ccccc1-c1nc(CC(=O)N2CCN(c3ccc(F)cc3)CC2)c(C)o1. The first-order chi connectivity index (χ1) is 14.0. The number of amides is 1. The lowest BCUT2D eigenvalue weighted by atomic mass is 10.1. The highest BCUT2D eigenvalue weighted by molar-refractivity contribution is 5.79. The maximum atomic E-state index is 13.1. The first-order valence-corrected chi connectivity index (χ1v) is 9.82. The van der Waals surface area contributed by atoms with Crippen molar-refractivity contribution in [2.24, 2.45) is 0 Å². The monoisotopic (exact) mass is 393 g/mol. The normalized spacial score (nSPS) is 14.3. The van der Waals surface area contributed by atoms with Crippen molar-refractivity contribution < 1.29 is 13.6 Å². The van der Waals surface area contributed by atoms with Crippen LogP contribution < -0.4 is 4.90 Å². The van der Waals surface area contributed by atoms with Gasteiger partial charge in [0.15, 0.2) is 0 Å². The number of rotatable bonds is 4. The molecule has 1 aromatic heterocycles. The molecule has 1 amide bonds. The van der Waals surface area contributed by atoms with E-state index in [1.165, 1.54) is 12.1 Å². The van der Waals surface area contributed by atoms with E-state index in [1.54, 1.807) is 12.1 Å². The molecule has 1 aliphatic heterocycles. The minimum Gasteiger partial charge on any atom is -0.441 e. The molecule has 1 aliphatic rings. The minimum absolute atomic E-state index is 0.0523. The highest BCUT2D eigenvalue weighted by Gasteiger charge is 2.23. The second kappa shape index (κ2) is 8.07. The fraction of sp³-hybridized carbons (Fsp3) is 0.304. The van der Waals surface area contributed by atoms with Gasteiger partial charge in [0.2, 0.25) is 11.8 Å². The molecule has 0 unspecified atom stereocenters. The van der Waals surface area contributed by atoms with Gasteiger partial charge in [-0.2, -0.15) is 0 Å². The Morgan fingerprint density at radius 3 is 2.41 bits per heavy atom. The lowest BCUT2D eigenvalue weighted by Gasteiger charge is -2.36. The second-order valence-electron chi connectivity index (χ2n) is 7.36. The molecule has 29 heavy (non-hydrogen) atoms. The third-order valence-corrected chi connectivity index (χ3v) is 5.41. The molecule has 1 saturated heterocycles. The molecule has 0 aliphatic carbocycles. The Kier molecular flexibility index (Phi) is 5.34. The standard InChI is InChI=1S/C23H24FN3O2/c1-16-5-3-4-6-20(16)23-25-21(17(2)29-23)15-22(28)27-13-11-26(12-14-27)19-9-7-18(24)8-10-19/h3-10H,11-15H2,1-2H3. The number of carbonyl (C=O) groups is 1. The van der Waals surface area contributed by atoms with E-state index < -0.39 is 0 Å². The van der Waals surface area contributed by atoms with Crippen molar-refractivity contribution in [3.05, 3.63) is 71.4 Å². The number of aromatic nitrogens is 1.